The first-order chi connectivity index (χ1) is 13.0. The molecule has 1 aromatic carbocycles. The lowest BCUT2D eigenvalue weighted by Gasteiger charge is -2.14. The van der Waals surface area contributed by atoms with Gasteiger partial charge in [0.2, 0.25) is 5.91 Å². The number of aryl methyl sites for hydroxylation is 1. The summed E-state index contributed by atoms with van der Waals surface area (Å²) < 4.78 is 14.6. The predicted molar refractivity (Wildman–Crippen MR) is 95.4 cm³/mol. The zero-order valence-electron chi connectivity index (χ0n) is 14.5. The third-order valence-electron chi connectivity index (χ3n) is 4.48. The van der Waals surface area contributed by atoms with Crippen LogP contribution in [0.25, 0.3) is 11.3 Å². The molecule has 4 rings (SSSR count). The summed E-state index contributed by atoms with van der Waals surface area (Å²) in [5, 5.41) is 13.5. The largest absolute Gasteiger partial charge is 0.339 e. The van der Waals surface area contributed by atoms with Crippen molar-refractivity contribution in [3.8, 4) is 11.3 Å². The number of hydrogen-bond acceptors (Lipinski definition) is 4. The summed E-state index contributed by atoms with van der Waals surface area (Å²) in [7, 11) is 1.78. The Morgan fingerprint density at radius 3 is 2.81 bits per heavy atom. The zero-order valence-corrected chi connectivity index (χ0v) is 14.5. The average molecular weight is 368 g/mol. The van der Waals surface area contributed by atoms with Crippen LogP contribution in [-0.4, -0.2) is 44.4 Å². The molecule has 3 heterocycles. The van der Waals surface area contributed by atoms with Crippen LogP contribution >= 0.6 is 0 Å². The second-order valence-corrected chi connectivity index (χ2v) is 6.35. The van der Waals surface area contributed by atoms with Crippen molar-refractivity contribution in [1.29, 1.82) is 0 Å². The number of rotatable bonds is 4. The van der Waals surface area contributed by atoms with Crippen molar-refractivity contribution in [2.24, 2.45) is 7.05 Å². The molecule has 1 unspecified atom stereocenters. The van der Waals surface area contributed by atoms with Crippen LogP contribution < -0.4 is 10.2 Å². The van der Waals surface area contributed by atoms with Crippen LogP contribution in [0.3, 0.4) is 0 Å². The zero-order chi connectivity index (χ0) is 19.0. The summed E-state index contributed by atoms with van der Waals surface area (Å²) in [4.78, 5) is 26.6. The minimum Gasteiger partial charge on any atom is -0.339 e. The summed E-state index contributed by atoms with van der Waals surface area (Å²) >= 11 is 0. The van der Waals surface area contributed by atoms with Gasteiger partial charge in [0.25, 0.3) is 5.91 Å². The average Bonchev–Trinajstić information content (AvgIpc) is 3.37. The number of aromatic nitrogens is 4. The fourth-order valence-corrected chi connectivity index (χ4v) is 3.06. The SMILES string of the molecule is Cn1cc(N2CCC(NC(=O)c3cc(-c4ccc(F)cc4)n[nH]3)C2=O)cn1. The van der Waals surface area contributed by atoms with Gasteiger partial charge in [-0.1, -0.05) is 0 Å². The molecule has 0 spiro atoms. The number of hydrogen-bond donors (Lipinski definition) is 2. The number of carbonyl (C=O) groups is 2. The molecule has 1 aliphatic heterocycles. The maximum atomic E-state index is 13.0. The van der Waals surface area contributed by atoms with Crippen molar-refractivity contribution < 1.29 is 14.0 Å². The molecule has 0 radical (unpaired) electrons. The van der Waals surface area contributed by atoms with E-state index in [-0.39, 0.29) is 17.4 Å². The van der Waals surface area contributed by atoms with Crippen molar-refractivity contribution in [1.82, 2.24) is 25.3 Å². The third-order valence-corrected chi connectivity index (χ3v) is 4.48. The molecule has 0 bridgehead atoms. The number of nitrogens with one attached hydrogen (secondary N) is 2. The van der Waals surface area contributed by atoms with Gasteiger partial charge in [-0.15, -0.1) is 0 Å². The van der Waals surface area contributed by atoms with Gasteiger partial charge in [0.1, 0.15) is 17.6 Å². The third kappa shape index (κ3) is 3.31. The molecule has 1 atom stereocenters. The molecule has 8 nitrogen and oxygen atoms in total. The second-order valence-electron chi connectivity index (χ2n) is 6.35. The van der Waals surface area contributed by atoms with Crippen molar-refractivity contribution in [2.45, 2.75) is 12.5 Å². The number of H-pyrrole nitrogens is 1. The lowest BCUT2D eigenvalue weighted by molar-refractivity contribution is -0.118. The van der Waals surface area contributed by atoms with Crippen LogP contribution in [0.1, 0.15) is 16.9 Å². The Morgan fingerprint density at radius 2 is 2.11 bits per heavy atom. The topological polar surface area (TPSA) is 95.9 Å². The maximum Gasteiger partial charge on any atom is 0.269 e. The van der Waals surface area contributed by atoms with E-state index in [1.165, 1.54) is 12.1 Å². The van der Waals surface area contributed by atoms with Crippen LogP contribution in [0.5, 0.6) is 0 Å². The van der Waals surface area contributed by atoms with Crippen molar-refractivity contribution in [3.05, 3.63) is 54.2 Å². The summed E-state index contributed by atoms with van der Waals surface area (Å²) in [6.07, 6.45) is 3.89. The summed E-state index contributed by atoms with van der Waals surface area (Å²) in [6, 6.07) is 6.79. The molecule has 138 valence electrons. The first-order valence-corrected chi connectivity index (χ1v) is 8.43. The van der Waals surface area contributed by atoms with Crippen LogP contribution in [0, 0.1) is 5.82 Å². The molecule has 2 amide bonds. The first kappa shape index (κ1) is 17.0. The van der Waals surface area contributed by atoms with Crippen molar-refractivity contribution >= 4 is 17.5 Å². The lowest BCUT2D eigenvalue weighted by atomic mass is 10.1. The Hall–Kier alpha value is -3.49. The highest BCUT2D eigenvalue weighted by Crippen LogP contribution is 2.21. The van der Waals surface area contributed by atoms with E-state index in [1.807, 2.05) is 0 Å². The van der Waals surface area contributed by atoms with Crippen molar-refractivity contribution in [3.63, 3.8) is 0 Å². The molecule has 0 aliphatic carbocycles. The summed E-state index contributed by atoms with van der Waals surface area (Å²) in [5.41, 5.74) is 2.16. The second kappa shape index (κ2) is 6.67. The molecule has 1 fully saturated rings. The molecule has 9 heteroatoms. The van der Waals surface area contributed by atoms with Gasteiger partial charge < -0.3 is 10.2 Å². The normalized spacial score (nSPS) is 16.7. The van der Waals surface area contributed by atoms with Gasteiger partial charge in [-0.25, -0.2) is 4.39 Å². The molecule has 27 heavy (non-hydrogen) atoms. The number of benzene rings is 1. The summed E-state index contributed by atoms with van der Waals surface area (Å²) in [6.45, 7) is 0.513. The van der Waals surface area contributed by atoms with Gasteiger partial charge in [-0.2, -0.15) is 10.2 Å². The van der Waals surface area contributed by atoms with E-state index in [2.05, 4.69) is 20.6 Å². The van der Waals surface area contributed by atoms with Gasteiger partial charge >= 0.3 is 0 Å². The Labute approximate surface area is 154 Å². The Kier molecular flexibility index (Phi) is 4.19. The number of nitrogens with zero attached hydrogens (tertiary/aromatic N) is 4. The minimum atomic E-state index is -0.602. The number of halogens is 1. The minimum absolute atomic E-state index is 0.172. The fourth-order valence-electron chi connectivity index (χ4n) is 3.06. The van der Waals surface area contributed by atoms with Gasteiger partial charge in [0.15, 0.2) is 0 Å². The standard InChI is InChI=1S/C18H17FN6O2/c1-24-10-13(9-20-24)25-7-6-14(18(25)27)21-17(26)16-8-15(22-23-16)11-2-4-12(19)5-3-11/h2-5,8-10,14H,6-7H2,1H3,(H,21,26)(H,22,23). The molecular weight excluding hydrogens is 351 g/mol. The molecule has 0 saturated carbocycles. The molecule has 1 saturated heterocycles. The molecule has 2 N–H and O–H groups in total. The maximum absolute atomic E-state index is 13.0. The van der Waals surface area contributed by atoms with Crippen LogP contribution in [-0.2, 0) is 11.8 Å². The highest BCUT2D eigenvalue weighted by molar-refractivity contribution is 6.03. The van der Waals surface area contributed by atoms with Crippen LogP contribution in [0.4, 0.5) is 10.1 Å². The smallest absolute Gasteiger partial charge is 0.269 e. The molecular formula is C18H17FN6O2. The fraction of sp³-hybridized carbons (Fsp3) is 0.222. The van der Waals surface area contributed by atoms with E-state index < -0.39 is 11.9 Å². The molecule has 1 aliphatic rings. The van der Waals surface area contributed by atoms with E-state index in [4.69, 9.17) is 0 Å². The monoisotopic (exact) mass is 368 g/mol. The first-order valence-electron chi connectivity index (χ1n) is 8.43. The Morgan fingerprint density at radius 1 is 1.33 bits per heavy atom. The Balaban J connectivity index is 1.44. The van der Waals surface area contributed by atoms with E-state index in [1.54, 1.807) is 47.2 Å². The van der Waals surface area contributed by atoms with Gasteiger partial charge in [-0.05, 0) is 36.8 Å². The predicted octanol–water partition coefficient (Wildman–Crippen LogP) is 1.48. The summed E-state index contributed by atoms with van der Waals surface area (Å²) in [5.74, 6) is -0.929. The van der Waals surface area contributed by atoms with Crippen molar-refractivity contribution in [2.75, 3.05) is 11.4 Å². The highest BCUT2D eigenvalue weighted by Gasteiger charge is 2.34. The number of amides is 2. The Bertz CT molecular complexity index is 993. The molecule has 3 aromatic rings. The van der Waals surface area contributed by atoms with E-state index in [0.29, 0.717) is 29.9 Å². The van der Waals surface area contributed by atoms with Gasteiger partial charge in [0, 0.05) is 25.4 Å². The highest BCUT2D eigenvalue weighted by atomic mass is 19.1. The van der Waals surface area contributed by atoms with E-state index in [9.17, 15) is 14.0 Å². The van der Waals surface area contributed by atoms with Gasteiger partial charge in [0.05, 0.1) is 17.6 Å². The quantitative estimate of drug-likeness (QED) is 0.729. The number of anilines is 1. The number of carbonyl (C=O) groups excluding carboxylic acids is 2. The van der Waals surface area contributed by atoms with Crippen LogP contribution in [0.2, 0.25) is 0 Å². The van der Waals surface area contributed by atoms with E-state index >= 15 is 0 Å². The van der Waals surface area contributed by atoms with Gasteiger partial charge in [-0.3, -0.25) is 19.4 Å². The molecule has 2 aromatic heterocycles. The van der Waals surface area contributed by atoms with E-state index in [0.717, 1.165) is 0 Å². The van der Waals surface area contributed by atoms with Crippen LogP contribution in [0.15, 0.2) is 42.7 Å². The lowest BCUT2D eigenvalue weighted by Crippen LogP contribution is -2.41. The number of aromatic amines is 1.